The smallest absolute Gasteiger partial charge is 0.305 e. The summed E-state index contributed by atoms with van der Waals surface area (Å²) in [6.07, 6.45) is 0.0329. The topological polar surface area (TPSA) is 103 Å². The van der Waals surface area contributed by atoms with Crippen LogP contribution < -0.4 is 4.74 Å². The summed E-state index contributed by atoms with van der Waals surface area (Å²) in [6, 6.07) is 6.62. The predicted molar refractivity (Wildman–Crippen MR) is 109 cm³/mol. The molecule has 1 aromatic carbocycles. The number of esters is 1. The van der Waals surface area contributed by atoms with Crippen molar-refractivity contribution in [2.75, 3.05) is 32.8 Å². The van der Waals surface area contributed by atoms with Crippen molar-refractivity contribution in [1.29, 1.82) is 5.26 Å². The van der Waals surface area contributed by atoms with Crippen LogP contribution in [0.1, 0.15) is 50.8 Å². The van der Waals surface area contributed by atoms with Crippen LogP contribution in [0.5, 0.6) is 5.75 Å². The number of hydrogen-bond acceptors (Lipinski definition) is 7. The minimum atomic E-state index is -0.932. The summed E-state index contributed by atoms with van der Waals surface area (Å²) in [5.41, 5.74) is 0.243. The molecule has 8 nitrogen and oxygen atoms in total. The van der Waals surface area contributed by atoms with Crippen molar-refractivity contribution in [2.45, 2.75) is 51.4 Å². The molecule has 0 aliphatic carbocycles. The van der Waals surface area contributed by atoms with Gasteiger partial charge in [-0.3, -0.25) is 14.5 Å². The Kier molecular flexibility index (Phi) is 6.64. The van der Waals surface area contributed by atoms with Crippen LogP contribution in [-0.2, 0) is 14.3 Å². The molecule has 0 spiro atoms. The molecule has 162 valence electrons. The molecule has 0 bridgehead atoms. The average molecular weight is 415 g/mol. The molecule has 2 aliphatic heterocycles. The highest BCUT2D eigenvalue weighted by atomic mass is 16.5. The number of nitriles is 1. The van der Waals surface area contributed by atoms with Crippen LogP contribution in [0.25, 0.3) is 0 Å². The van der Waals surface area contributed by atoms with E-state index in [9.17, 15) is 20.0 Å². The fourth-order valence-electron chi connectivity index (χ4n) is 4.07. The number of fused-ring (bicyclic) bond motifs is 1. The van der Waals surface area contributed by atoms with E-state index in [0.717, 1.165) is 0 Å². The van der Waals surface area contributed by atoms with E-state index in [1.54, 1.807) is 43.9 Å². The first-order valence-electron chi connectivity index (χ1n) is 10.4. The quantitative estimate of drug-likeness (QED) is 0.704. The van der Waals surface area contributed by atoms with E-state index in [0.29, 0.717) is 56.0 Å². The van der Waals surface area contributed by atoms with Gasteiger partial charge in [-0.25, -0.2) is 0 Å². The predicted octanol–water partition coefficient (Wildman–Crippen LogP) is 1.62. The lowest BCUT2D eigenvalue weighted by Gasteiger charge is -2.48. The molecule has 30 heavy (non-hydrogen) atoms. The molecule has 0 radical (unpaired) electrons. The number of aliphatic hydroxyl groups is 1. The molecule has 3 rings (SSSR count). The Balaban J connectivity index is 1.72. The van der Waals surface area contributed by atoms with Crippen molar-refractivity contribution in [1.82, 2.24) is 9.80 Å². The van der Waals surface area contributed by atoms with Crippen LogP contribution in [0.4, 0.5) is 0 Å². The molecule has 1 fully saturated rings. The highest BCUT2D eigenvalue weighted by Crippen LogP contribution is 2.43. The summed E-state index contributed by atoms with van der Waals surface area (Å²) in [5, 5.41) is 20.3. The van der Waals surface area contributed by atoms with Crippen molar-refractivity contribution in [3.05, 3.63) is 29.3 Å². The molecule has 0 saturated carbocycles. The van der Waals surface area contributed by atoms with Crippen molar-refractivity contribution >= 4 is 11.9 Å². The number of benzene rings is 1. The van der Waals surface area contributed by atoms with Crippen molar-refractivity contribution in [3.63, 3.8) is 0 Å². The van der Waals surface area contributed by atoms with Crippen molar-refractivity contribution in [2.24, 2.45) is 0 Å². The van der Waals surface area contributed by atoms with Crippen LogP contribution in [0.15, 0.2) is 18.2 Å². The first kappa shape index (κ1) is 22.1. The summed E-state index contributed by atoms with van der Waals surface area (Å²) < 4.78 is 10.9. The van der Waals surface area contributed by atoms with Gasteiger partial charge in [-0.2, -0.15) is 5.26 Å². The minimum absolute atomic E-state index is 0.0903. The molecule has 8 heteroatoms. The average Bonchev–Trinajstić information content (AvgIpc) is 2.70. The maximum Gasteiger partial charge on any atom is 0.305 e. The number of piperazine rings is 1. The molecule has 2 aliphatic rings. The SMILES string of the molecule is CCOC(=O)CCCN1CCN([C@@H]2c3cc(C#N)ccc3OC(C)(C)[C@H]2O)C(=O)C1. The molecular weight excluding hydrogens is 386 g/mol. The Morgan fingerprint density at radius 1 is 1.40 bits per heavy atom. The Labute approximate surface area is 177 Å². The summed E-state index contributed by atoms with van der Waals surface area (Å²) in [6.45, 7) is 7.69. The molecule has 2 atom stereocenters. The third-order valence-corrected chi connectivity index (χ3v) is 5.67. The van der Waals surface area contributed by atoms with Crippen molar-refractivity contribution < 1.29 is 24.2 Å². The van der Waals surface area contributed by atoms with Crippen LogP contribution in [0.3, 0.4) is 0 Å². The third kappa shape index (κ3) is 4.58. The van der Waals surface area contributed by atoms with Gasteiger partial charge < -0.3 is 19.5 Å². The van der Waals surface area contributed by atoms with Gasteiger partial charge in [-0.1, -0.05) is 0 Å². The third-order valence-electron chi connectivity index (χ3n) is 5.67. The second-order valence-electron chi connectivity index (χ2n) is 8.23. The van der Waals surface area contributed by atoms with Crippen LogP contribution in [0.2, 0.25) is 0 Å². The number of amides is 1. The van der Waals surface area contributed by atoms with Gasteiger partial charge in [-0.05, 0) is 51.9 Å². The van der Waals surface area contributed by atoms with E-state index in [-0.39, 0.29) is 18.4 Å². The molecule has 1 saturated heterocycles. The lowest BCUT2D eigenvalue weighted by atomic mass is 9.84. The number of ether oxygens (including phenoxy) is 2. The molecule has 1 amide bonds. The molecular formula is C22H29N3O5. The molecule has 0 aromatic heterocycles. The number of carbonyl (C=O) groups is 2. The van der Waals surface area contributed by atoms with Gasteiger partial charge >= 0.3 is 5.97 Å². The Bertz CT molecular complexity index is 848. The monoisotopic (exact) mass is 415 g/mol. The van der Waals surface area contributed by atoms with E-state index < -0.39 is 17.7 Å². The highest BCUT2D eigenvalue weighted by Gasteiger charge is 2.47. The summed E-state index contributed by atoms with van der Waals surface area (Å²) >= 11 is 0. The first-order chi connectivity index (χ1) is 14.3. The fourth-order valence-corrected chi connectivity index (χ4v) is 4.07. The summed E-state index contributed by atoms with van der Waals surface area (Å²) in [7, 11) is 0. The van der Waals surface area contributed by atoms with Crippen LogP contribution in [0, 0.1) is 11.3 Å². The second-order valence-corrected chi connectivity index (χ2v) is 8.23. The first-order valence-corrected chi connectivity index (χ1v) is 10.4. The van der Waals surface area contributed by atoms with E-state index in [2.05, 4.69) is 6.07 Å². The molecule has 2 heterocycles. The lowest BCUT2D eigenvalue weighted by Crippen LogP contribution is -2.59. The van der Waals surface area contributed by atoms with Gasteiger partial charge in [0.1, 0.15) is 17.5 Å². The van der Waals surface area contributed by atoms with Gasteiger partial charge in [0.05, 0.1) is 30.8 Å². The minimum Gasteiger partial charge on any atom is -0.485 e. The maximum atomic E-state index is 13.0. The Morgan fingerprint density at radius 2 is 2.17 bits per heavy atom. The molecule has 0 unspecified atom stereocenters. The molecule has 1 aromatic rings. The number of hydrogen-bond donors (Lipinski definition) is 1. The largest absolute Gasteiger partial charge is 0.485 e. The van der Waals surface area contributed by atoms with E-state index in [4.69, 9.17) is 9.47 Å². The number of rotatable bonds is 6. The fraction of sp³-hybridized carbons (Fsp3) is 0.591. The van der Waals surface area contributed by atoms with Gasteiger partial charge in [0.15, 0.2) is 0 Å². The van der Waals surface area contributed by atoms with E-state index >= 15 is 0 Å². The van der Waals surface area contributed by atoms with Crippen LogP contribution in [-0.4, -0.2) is 71.3 Å². The lowest BCUT2D eigenvalue weighted by molar-refractivity contribution is -0.150. The zero-order valence-corrected chi connectivity index (χ0v) is 17.8. The van der Waals surface area contributed by atoms with Gasteiger partial charge in [0.25, 0.3) is 0 Å². The van der Waals surface area contributed by atoms with E-state index in [1.165, 1.54) is 0 Å². The summed E-state index contributed by atoms with van der Waals surface area (Å²) in [4.78, 5) is 28.2. The second kappa shape index (κ2) is 9.02. The zero-order valence-electron chi connectivity index (χ0n) is 17.8. The van der Waals surface area contributed by atoms with Gasteiger partial charge in [0.2, 0.25) is 5.91 Å². The van der Waals surface area contributed by atoms with Crippen LogP contribution >= 0.6 is 0 Å². The van der Waals surface area contributed by atoms with Crippen molar-refractivity contribution in [3.8, 4) is 11.8 Å². The van der Waals surface area contributed by atoms with Gasteiger partial charge in [0, 0.05) is 25.1 Å². The normalized spacial score (nSPS) is 23.3. The Morgan fingerprint density at radius 3 is 2.83 bits per heavy atom. The summed E-state index contributed by atoms with van der Waals surface area (Å²) in [5.74, 6) is 0.270. The number of nitrogens with zero attached hydrogens (tertiary/aromatic N) is 3. The standard InChI is InChI=1S/C22H29N3O5/c1-4-29-19(27)6-5-9-24-10-11-25(18(26)14-24)20-16-12-15(13-23)7-8-17(16)30-22(2,3)21(20)28/h7-8,12,20-21,28H,4-6,9-11,14H2,1-3H3/t20-,21+/m1/s1. The Hall–Kier alpha value is -2.63. The van der Waals surface area contributed by atoms with E-state index in [1.807, 2.05) is 4.90 Å². The number of aliphatic hydroxyl groups excluding tert-OH is 1. The number of carbonyl (C=O) groups excluding carboxylic acids is 2. The highest BCUT2D eigenvalue weighted by molar-refractivity contribution is 5.80. The maximum absolute atomic E-state index is 13.0. The zero-order chi connectivity index (χ0) is 21.9. The molecule has 1 N–H and O–H groups in total. The van der Waals surface area contributed by atoms with Gasteiger partial charge in [-0.15, -0.1) is 0 Å².